The first kappa shape index (κ1) is 14.9. The maximum Gasteiger partial charge on any atom is 0.336 e. The fourth-order valence-corrected chi connectivity index (χ4v) is 5.39. The summed E-state index contributed by atoms with van der Waals surface area (Å²) < 4.78 is 32.3. The van der Waals surface area contributed by atoms with Gasteiger partial charge in [0.2, 0.25) is 10.0 Å². The highest BCUT2D eigenvalue weighted by molar-refractivity contribution is 7.89. The van der Waals surface area contributed by atoms with Gasteiger partial charge in [0.1, 0.15) is 5.58 Å². The molecule has 2 heterocycles. The van der Waals surface area contributed by atoms with Gasteiger partial charge in [-0.25, -0.2) is 13.2 Å². The molecule has 2 aliphatic rings. The summed E-state index contributed by atoms with van der Waals surface area (Å²) in [6, 6.07) is 7.56. The number of rotatable bonds is 2. The first-order valence-electron chi connectivity index (χ1n) is 7.75. The molecular formula is C16H18N2O4S. The lowest BCUT2D eigenvalue weighted by Crippen LogP contribution is -2.33. The second kappa shape index (κ2) is 5.15. The molecule has 7 heteroatoms. The van der Waals surface area contributed by atoms with Crippen molar-refractivity contribution in [3.05, 3.63) is 40.8 Å². The van der Waals surface area contributed by atoms with Crippen LogP contribution in [0.5, 0.6) is 0 Å². The quantitative estimate of drug-likeness (QED) is 0.832. The molecular weight excluding hydrogens is 316 g/mol. The standard InChI is InChI=1S/C16H18N2O4S/c17-14-4-1-11-8-18(9-13(11)14)23(20,21)12-3-5-15-10(7-12)2-6-16(19)22-15/h2-3,5-7,11,13-14H,1,4,8-9,17H2. The zero-order valence-electron chi connectivity index (χ0n) is 12.5. The van der Waals surface area contributed by atoms with Crippen LogP contribution in [0, 0.1) is 11.8 Å². The lowest BCUT2D eigenvalue weighted by molar-refractivity contribution is 0.427. The Labute approximate surface area is 133 Å². The summed E-state index contributed by atoms with van der Waals surface area (Å²) in [6.07, 6.45) is 1.99. The molecule has 0 bridgehead atoms. The van der Waals surface area contributed by atoms with Gasteiger partial charge in [-0.1, -0.05) is 0 Å². The molecule has 0 spiro atoms. The van der Waals surface area contributed by atoms with Gasteiger partial charge >= 0.3 is 5.63 Å². The van der Waals surface area contributed by atoms with Crippen LogP contribution in [0.15, 0.2) is 44.4 Å². The minimum atomic E-state index is -3.55. The SMILES string of the molecule is NC1CCC2CN(S(=O)(=O)c3ccc4oc(=O)ccc4c3)CC12. The van der Waals surface area contributed by atoms with Crippen LogP contribution in [0.25, 0.3) is 11.0 Å². The van der Waals surface area contributed by atoms with E-state index in [2.05, 4.69) is 0 Å². The van der Waals surface area contributed by atoms with Gasteiger partial charge in [0, 0.05) is 30.6 Å². The van der Waals surface area contributed by atoms with E-state index in [1.54, 1.807) is 16.4 Å². The van der Waals surface area contributed by atoms with Crippen LogP contribution in [0.3, 0.4) is 0 Å². The fourth-order valence-electron chi connectivity index (χ4n) is 3.82. The Morgan fingerprint density at radius 3 is 2.74 bits per heavy atom. The van der Waals surface area contributed by atoms with E-state index in [9.17, 15) is 13.2 Å². The third kappa shape index (κ3) is 2.39. The van der Waals surface area contributed by atoms with E-state index in [0.29, 0.717) is 30.0 Å². The lowest BCUT2D eigenvalue weighted by atomic mass is 9.98. The lowest BCUT2D eigenvalue weighted by Gasteiger charge is -2.18. The second-order valence-electron chi connectivity index (χ2n) is 6.44. The number of benzene rings is 1. The van der Waals surface area contributed by atoms with Crippen molar-refractivity contribution < 1.29 is 12.8 Å². The van der Waals surface area contributed by atoms with Crippen molar-refractivity contribution in [1.29, 1.82) is 0 Å². The smallest absolute Gasteiger partial charge is 0.336 e. The minimum absolute atomic E-state index is 0.103. The summed E-state index contributed by atoms with van der Waals surface area (Å²) in [5.41, 5.74) is 6.03. The molecule has 4 rings (SSSR count). The zero-order valence-corrected chi connectivity index (χ0v) is 13.3. The normalized spacial score (nSPS) is 28.3. The van der Waals surface area contributed by atoms with E-state index >= 15 is 0 Å². The van der Waals surface area contributed by atoms with Crippen LogP contribution in [-0.2, 0) is 10.0 Å². The first-order chi connectivity index (χ1) is 10.9. The molecule has 1 saturated heterocycles. The Morgan fingerprint density at radius 2 is 1.96 bits per heavy atom. The van der Waals surface area contributed by atoms with Crippen molar-refractivity contribution in [2.45, 2.75) is 23.8 Å². The van der Waals surface area contributed by atoms with E-state index in [4.69, 9.17) is 10.2 Å². The van der Waals surface area contributed by atoms with Crippen LogP contribution in [-0.4, -0.2) is 31.9 Å². The number of hydrogen-bond acceptors (Lipinski definition) is 5. The molecule has 1 aromatic heterocycles. The largest absolute Gasteiger partial charge is 0.423 e. The Balaban J connectivity index is 1.69. The number of hydrogen-bond donors (Lipinski definition) is 1. The van der Waals surface area contributed by atoms with E-state index in [-0.39, 0.29) is 16.9 Å². The van der Waals surface area contributed by atoms with Gasteiger partial charge in [0.25, 0.3) is 0 Å². The predicted molar refractivity (Wildman–Crippen MR) is 85.4 cm³/mol. The summed E-state index contributed by atoms with van der Waals surface area (Å²) in [4.78, 5) is 11.4. The highest BCUT2D eigenvalue weighted by Gasteiger charge is 2.45. The molecule has 6 nitrogen and oxygen atoms in total. The van der Waals surface area contributed by atoms with E-state index in [1.807, 2.05) is 0 Å². The van der Waals surface area contributed by atoms with Gasteiger partial charge < -0.3 is 10.2 Å². The van der Waals surface area contributed by atoms with Gasteiger partial charge in [0.15, 0.2) is 0 Å². The molecule has 0 amide bonds. The molecule has 1 aromatic carbocycles. The van der Waals surface area contributed by atoms with Gasteiger partial charge in [-0.15, -0.1) is 0 Å². The summed E-state index contributed by atoms with van der Waals surface area (Å²) in [6.45, 7) is 1.04. The number of sulfonamides is 1. The first-order valence-corrected chi connectivity index (χ1v) is 9.19. The fraction of sp³-hybridized carbons (Fsp3) is 0.438. The maximum atomic E-state index is 12.9. The van der Waals surface area contributed by atoms with Crippen molar-refractivity contribution in [2.75, 3.05) is 13.1 Å². The summed E-state index contributed by atoms with van der Waals surface area (Å²) in [5.74, 6) is 0.640. The van der Waals surface area contributed by atoms with Crippen LogP contribution < -0.4 is 11.4 Å². The maximum absolute atomic E-state index is 12.9. The number of nitrogens with two attached hydrogens (primary N) is 1. The van der Waals surface area contributed by atoms with Crippen molar-refractivity contribution in [2.24, 2.45) is 17.6 Å². The Morgan fingerprint density at radius 1 is 1.13 bits per heavy atom. The predicted octanol–water partition coefficient (Wildman–Crippen LogP) is 1.15. The molecule has 1 aliphatic heterocycles. The average Bonchev–Trinajstić information content (AvgIpc) is 3.09. The van der Waals surface area contributed by atoms with E-state index in [0.717, 1.165) is 12.8 Å². The van der Waals surface area contributed by atoms with Gasteiger partial charge in [-0.05, 0) is 48.9 Å². The van der Waals surface area contributed by atoms with Crippen molar-refractivity contribution in [1.82, 2.24) is 4.31 Å². The van der Waals surface area contributed by atoms with Crippen LogP contribution in [0.2, 0.25) is 0 Å². The van der Waals surface area contributed by atoms with Crippen molar-refractivity contribution in [3.8, 4) is 0 Å². The third-order valence-corrected chi connectivity index (χ3v) is 6.94. The molecule has 1 aliphatic carbocycles. The van der Waals surface area contributed by atoms with E-state index < -0.39 is 15.6 Å². The van der Waals surface area contributed by atoms with Gasteiger partial charge in [0.05, 0.1) is 4.90 Å². The highest BCUT2D eigenvalue weighted by Crippen LogP contribution is 2.39. The van der Waals surface area contributed by atoms with Crippen molar-refractivity contribution >= 4 is 21.0 Å². The van der Waals surface area contributed by atoms with Crippen LogP contribution in [0.1, 0.15) is 12.8 Å². The molecule has 2 N–H and O–H groups in total. The summed E-state index contributed by atoms with van der Waals surface area (Å²) in [5, 5.41) is 0.599. The molecule has 3 unspecified atom stereocenters. The molecule has 0 radical (unpaired) electrons. The Bertz CT molecular complexity index is 921. The van der Waals surface area contributed by atoms with Crippen molar-refractivity contribution in [3.63, 3.8) is 0 Å². The molecule has 1 saturated carbocycles. The third-order valence-electron chi connectivity index (χ3n) is 5.11. The Hall–Kier alpha value is -1.70. The molecule has 2 fully saturated rings. The zero-order chi connectivity index (χ0) is 16.2. The summed E-state index contributed by atoms with van der Waals surface area (Å²) in [7, 11) is -3.55. The number of nitrogens with zero attached hydrogens (tertiary/aromatic N) is 1. The minimum Gasteiger partial charge on any atom is -0.423 e. The molecule has 2 aromatic rings. The van der Waals surface area contributed by atoms with Gasteiger partial charge in [-0.3, -0.25) is 0 Å². The average molecular weight is 334 g/mol. The van der Waals surface area contributed by atoms with Crippen LogP contribution in [0.4, 0.5) is 0 Å². The second-order valence-corrected chi connectivity index (χ2v) is 8.38. The number of fused-ring (bicyclic) bond motifs is 2. The van der Waals surface area contributed by atoms with Gasteiger partial charge in [-0.2, -0.15) is 4.31 Å². The summed E-state index contributed by atoms with van der Waals surface area (Å²) >= 11 is 0. The van der Waals surface area contributed by atoms with Crippen LogP contribution >= 0.6 is 0 Å². The Kier molecular flexibility index (Phi) is 3.33. The molecule has 122 valence electrons. The topological polar surface area (TPSA) is 93.6 Å². The molecule has 23 heavy (non-hydrogen) atoms. The molecule has 3 atom stereocenters. The van der Waals surface area contributed by atoms with E-state index in [1.165, 1.54) is 18.2 Å². The highest BCUT2D eigenvalue weighted by atomic mass is 32.2. The monoisotopic (exact) mass is 334 g/mol.